The minimum Gasteiger partial charge on any atom is -0.342 e. The molecule has 0 aliphatic carbocycles. The molecular formula is C20H21FN4O. The van der Waals surface area contributed by atoms with Gasteiger partial charge in [0.2, 0.25) is 5.91 Å². The predicted molar refractivity (Wildman–Crippen MR) is 99.6 cm³/mol. The van der Waals surface area contributed by atoms with Gasteiger partial charge in [-0.05, 0) is 48.7 Å². The first-order valence-corrected chi connectivity index (χ1v) is 8.87. The maximum absolute atomic E-state index is 14.6. The fourth-order valence-electron chi connectivity index (χ4n) is 3.42. The van der Waals surface area contributed by atoms with Gasteiger partial charge in [0.25, 0.3) is 0 Å². The summed E-state index contributed by atoms with van der Waals surface area (Å²) in [5.41, 5.74) is 4.92. The number of carbonyl (C=O) groups excluding carboxylic acids is 1. The van der Waals surface area contributed by atoms with Crippen molar-refractivity contribution >= 4 is 22.6 Å². The quantitative estimate of drug-likeness (QED) is 0.675. The van der Waals surface area contributed by atoms with Crippen LogP contribution in [0.3, 0.4) is 0 Å². The summed E-state index contributed by atoms with van der Waals surface area (Å²) in [6.45, 7) is 3.44. The Labute approximate surface area is 151 Å². The summed E-state index contributed by atoms with van der Waals surface area (Å²) >= 11 is 0. The molecule has 0 bridgehead atoms. The number of amides is 1. The largest absolute Gasteiger partial charge is 0.342 e. The topological polar surface area (TPSA) is 69.8 Å². The Balaban J connectivity index is 1.43. The summed E-state index contributed by atoms with van der Waals surface area (Å²) < 4.78 is 14.6. The monoisotopic (exact) mass is 352 g/mol. The lowest BCUT2D eigenvalue weighted by Gasteiger charge is -2.19. The van der Waals surface area contributed by atoms with E-state index in [0.29, 0.717) is 24.9 Å². The van der Waals surface area contributed by atoms with Crippen LogP contribution in [0.25, 0.3) is 11.0 Å². The average molecular weight is 352 g/mol. The van der Waals surface area contributed by atoms with Crippen molar-refractivity contribution in [3.8, 4) is 0 Å². The summed E-state index contributed by atoms with van der Waals surface area (Å²) in [5, 5.41) is 5.92. The number of H-pyrrole nitrogens is 1. The van der Waals surface area contributed by atoms with E-state index in [1.165, 1.54) is 0 Å². The molecule has 3 N–H and O–H groups in total. The highest BCUT2D eigenvalue weighted by Gasteiger charge is 2.17. The lowest BCUT2D eigenvalue weighted by molar-refractivity contribution is -0.116. The van der Waals surface area contributed by atoms with Crippen molar-refractivity contribution in [2.24, 2.45) is 0 Å². The molecule has 1 aliphatic heterocycles. The number of carbonyl (C=O) groups is 1. The van der Waals surface area contributed by atoms with Crippen LogP contribution in [-0.2, 0) is 24.2 Å². The number of benzene rings is 2. The van der Waals surface area contributed by atoms with Gasteiger partial charge in [0.1, 0.15) is 11.6 Å². The molecule has 0 radical (unpaired) electrons. The maximum Gasteiger partial charge on any atom is 0.224 e. The highest BCUT2D eigenvalue weighted by atomic mass is 19.1. The number of halogens is 1. The number of aromatic nitrogens is 2. The van der Waals surface area contributed by atoms with Gasteiger partial charge in [-0.3, -0.25) is 4.79 Å². The summed E-state index contributed by atoms with van der Waals surface area (Å²) in [4.78, 5) is 20.0. The Kier molecular flexibility index (Phi) is 4.42. The maximum atomic E-state index is 14.6. The zero-order valence-corrected chi connectivity index (χ0v) is 14.7. The number of aromatic amines is 1. The van der Waals surface area contributed by atoms with E-state index in [9.17, 15) is 9.18 Å². The van der Waals surface area contributed by atoms with Crippen LogP contribution < -0.4 is 10.6 Å². The van der Waals surface area contributed by atoms with E-state index in [1.54, 1.807) is 6.07 Å². The fourth-order valence-corrected chi connectivity index (χ4v) is 3.42. The molecule has 1 aliphatic rings. The van der Waals surface area contributed by atoms with E-state index >= 15 is 0 Å². The lowest BCUT2D eigenvalue weighted by atomic mass is 9.99. The third-order valence-corrected chi connectivity index (χ3v) is 4.83. The Morgan fingerprint density at radius 1 is 1.31 bits per heavy atom. The molecule has 3 aromatic rings. The van der Waals surface area contributed by atoms with Crippen molar-refractivity contribution in [3.05, 3.63) is 58.7 Å². The summed E-state index contributed by atoms with van der Waals surface area (Å²) in [7, 11) is 0. The van der Waals surface area contributed by atoms with Crippen LogP contribution in [0.5, 0.6) is 0 Å². The normalized spacial score (nSPS) is 13.6. The number of hydrogen-bond donors (Lipinski definition) is 3. The van der Waals surface area contributed by atoms with Gasteiger partial charge in [-0.15, -0.1) is 0 Å². The number of nitrogens with one attached hydrogen (secondary N) is 3. The molecule has 134 valence electrons. The van der Waals surface area contributed by atoms with Crippen molar-refractivity contribution in [2.45, 2.75) is 32.7 Å². The first-order valence-electron chi connectivity index (χ1n) is 8.87. The van der Waals surface area contributed by atoms with Gasteiger partial charge in [-0.25, -0.2) is 9.37 Å². The van der Waals surface area contributed by atoms with E-state index in [2.05, 4.69) is 20.6 Å². The van der Waals surface area contributed by atoms with Crippen molar-refractivity contribution < 1.29 is 9.18 Å². The SMILES string of the molecule is Cc1cccc2[nH]c(CCC(=O)Nc3ccc4c(c3F)CCNC4)nc12. The van der Waals surface area contributed by atoms with Gasteiger partial charge in [-0.2, -0.15) is 0 Å². The van der Waals surface area contributed by atoms with Gasteiger partial charge in [-0.1, -0.05) is 18.2 Å². The number of aryl methyl sites for hydroxylation is 2. The van der Waals surface area contributed by atoms with Crippen LogP contribution in [0, 0.1) is 12.7 Å². The van der Waals surface area contributed by atoms with Gasteiger partial charge in [0, 0.05) is 19.4 Å². The number of fused-ring (bicyclic) bond motifs is 2. The van der Waals surface area contributed by atoms with Crippen LogP contribution in [0.15, 0.2) is 30.3 Å². The highest BCUT2D eigenvalue weighted by molar-refractivity contribution is 5.91. The minimum atomic E-state index is -0.309. The smallest absolute Gasteiger partial charge is 0.224 e. The third kappa shape index (κ3) is 3.20. The van der Waals surface area contributed by atoms with Crippen LogP contribution in [0.2, 0.25) is 0 Å². The van der Waals surface area contributed by atoms with E-state index < -0.39 is 0 Å². The Hall–Kier alpha value is -2.73. The average Bonchev–Trinajstić information content (AvgIpc) is 3.07. The van der Waals surface area contributed by atoms with Gasteiger partial charge < -0.3 is 15.6 Å². The molecule has 0 atom stereocenters. The van der Waals surface area contributed by atoms with Crippen LogP contribution in [0.1, 0.15) is 28.9 Å². The van der Waals surface area contributed by atoms with Crippen LogP contribution >= 0.6 is 0 Å². The summed E-state index contributed by atoms with van der Waals surface area (Å²) in [6.07, 6.45) is 1.37. The molecule has 2 heterocycles. The first-order chi connectivity index (χ1) is 12.6. The number of anilines is 1. The molecule has 1 amide bonds. The predicted octanol–water partition coefficient (Wildman–Crippen LogP) is 3.23. The molecule has 0 spiro atoms. The van der Waals surface area contributed by atoms with Gasteiger partial charge in [0.15, 0.2) is 0 Å². The zero-order valence-electron chi connectivity index (χ0n) is 14.7. The summed E-state index contributed by atoms with van der Waals surface area (Å²) in [5.74, 6) is 0.244. The van der Waals surface area contributed by atoms with Crippen molar-refractivity contribution in [1.29, 1.82) is 0 Å². The minimum absolute atomic E-state index is 0.213. The Bertz CT molecular complexity index is 979. The molecule has 2 aromatic carbocycles. The zero-order chi connectivity index (χ0) is 18.1. The van der Waals surface area contributed by atoms with E-state index in [0.717, 1.165) is 34.5 Å². The molecule has 5 nitrogen and oxygen atoms in total. The lowest BCUT2D eigenvalue weighted by Crippen LogP contribution is -2.25. The number of para-hydroxylation sites is 1. The number of nitrogens with zero attached hydrogens (tertiary/aromatic N) is 1. The fraction of sp³-hybridized carbons (Fsp3) is 0.300. The Morgan fingerprint density at radius 3 is 3.04 bits per heavy atom. The second kappa shape index (κ2) is 6.88. The molecule has 0 saturated carbocycles. The molecule has 4 rings (SSSR count). The molecule has 0 saturated heterocycles. The summed E-state index contributed by atoms with van der Waals surface area (Å²) in [6, 6.07) is 9.47. The first kappa shape index (κ1) is 16.7. The molecule has 0 unspecified atom stereocenters. The number of hydrogen-bond acceptors (Lipinski definition) is 3. The molecule has 0 fully saturated rings. The van der Waals surface area contributed by atoms with E-state index in [4.69, 9.17) is 0 Å². The molecular weight excluding hydrogens is 331 g/mol. The van der Waals surface area contributed by atoms with Crippen molar-refractivity contribution in [3.63, 3.8) is 0 Å². The molecule has 1 aromatic heterocycles. The molecule has 26 heavy (non-hydrogen) atoms. The second-order valence-electron chi connectivity index (χ2n) is 6.69. The standard InChI is InChI=1S/C20H21FN4O/c1-12-3-2-4-16-20(12)25-17(23-16)7-8-18(26)24-15-6-5-13-11-22-10-9-14(13)19(15)21/h2-6,22H,7-11H2,1H3,(H,23,25)(H,24,26). The number of rotatable bonds is 4. The highest BCUT2D eigenvalue weighted by Crippen LogP contribution is 2.24. The van der Waals surface area contributed by atoms with Crippen molar-refractivity contribution in [2.75, 3.05) is 11.9 Å². The van der Waals surface area contributed by atoms with Gasteiger partial charge in [0.05, 0.1) is 16.7 Å². The Morgan fingerprint density at radius 2 is 2.19 bits per heavy atom. The number of imidazole rings is 1. The molecule has 6 heteroatoms. The van der Waals surface area contributed by atoms with Crippen LogP contribution in [0.4, 0.5) is 10.1 Å². The van der Waals surface area contributed by atoms with Gasteiger partial charge >= 0.3 is 0 Å². The van der Waals surface area contributed by atoms with E-state index in [1.807, 2.05) is 31.2 Å². The third-order valence-electron chi connectivity index (χ3n) is 4.83. The van der Waals surface area contributed by atoms with E-state index in [-0.39, 0.29) is 23.8 Å². The van der Waals surface area contributed by atoms with Crippen molar-refractivity contribution in [1.82, 2.24) is 15.3 Å². The van der Waals surface area contributed by atoms with Crippen LogP contribution in [-0.4, -0.2) is 22.4 Å². The second-order valence-corrected chi connectivity index (χ2v) is 6.69.